The molecule has 72 valence electrons. The van der Waals surface area contributed by atoms with Crippen molar-refractivity contribution in [3.63, 3.8) is 0 Å². The smallest absolute Gasteiger partial charge is 0.254 e. The van der Waals surface area contributed by atoms with Gasteiger partial charge in [0.1, 0.15) is 0 Å². The molecule has 0 bridgehead atoms. The molecule has 0 atom stereocenters. The Bertz CT molecular complexity index is 412. The maximum absolute atomic E-state index is 11.5. The lowest BCUT2D eigenvalue weighted by Crippen LogP contribution is -2.20. The Hall–Kier alpha value is -1.71. The van der Waals surface area contributed by atoms with E-state index in [9.17, 15) is 4.79 Å². The van der Waals surface area contributed by atoms with E-state index in [0.717, 1.165) is 11.4 Å². The van der Waals surface area contributed by atoms with E-state index in [-0.39, 0.29) is 5.91 Å². The van der Waals surface area contributed by atoms with Crippen molar-refractivity contribution in [3.05, 3.63) is 23.9 Å². The van der Waals surface area contributed by atoms with Crippen molar-refractivity contribution in [1.29, 1.82) is 0 Å². The molecule has 4 nitrogen and oxygen atoms in total. The minimum atomic E-state index is -0.0133. The first-order valence-corrected chi connectivity index (χ1v) is 4.47. The predicted octanol–water partition coefficient (Wildman–Crippen LogP) is 1.50. The van der Waals surface area contributed by atoms with Crippen LogP contribution < -0.4 is 5.01 Å². The van der Waals surface area contributed by atoms with Crippen LogP contribution in [0.15, 0.2) is 23.3 Å². The standard InChI is InChI=1S/C10H11N3O/c1-7-4-3-5-9(11-7)13-10(14)6-8(2)12-13/h3-5H,6H2,1-2H3. The van der Waals surface area contributed by atoms with E-state index in [2.05, 4.69) is 10.1 Å². The first kappa shape index (κ1) is 8.87. The summed E-state index contributed by atoms with van der Waals surface area (Å²) in [7, 11) is 0. The SMILES string of the molecule is CC1=NN(c2cccc(C)n2)C(=O)C1. The van der Waals surface area contributed by atoms with Gasteiger partial charge in [0.15, 0.2) is 5.82 Å². The number of hydrazone groups is 1. The number of hydrogen-bond donors (Lipinski definition) is 0. The summed E-state index contributed by atoms with van der Waals surface area (Å²) < 4.78 is 0. The van der Waals surface area contributed by atoms with Gasteiger partial charge in [-0.05, 0) is 26.0 Å². The van der Waals surface area contributed by atoms with Gasteiger partial charge in [0.2, 0.25) is 0 Å². The molecule has 0 radical (unpaired) electrons. The van der Waals surface area contributed by atoms with Gasteiger partial charge in [-0.1, -0.05) is 6.07 Å². The minimum absolute atomic E-state index is 0.0133. The first-order valence-electron chi connectivity index (χ1n) is 4.47. The lowest BCUT2D eigenvalue weighted by Gasteiger charge is -2.10. The van der Waals surface area contributed by atoms with Crippen LogP contribution in [0.5, 0.6) is 0 Å². The number of rotatable bonds is 1. The summed E-state index contributed by atoms with van der Waals surface area (Å²) in [5.41, 5.74) is 1.72. The van der Waals surface area contributed by atoms with Gasteiger partial charge >= 0.3 is 0 Å². The second kappa shape index (κ2) is 3.21. The Morgan fingerprint density at radius 2 is 2.14 bits per heavy atom. The molecular formula is C10H11N3O. The van der Waals surface area contributed by atoms with E-state index >= 15 is 0 Å². The van der Waals surface area contributed by atoms with Crippen LogP contribution in [-0.4, -0.2) is 16.6 Å². The zero-order valence-electron chi connectivity index (χ0n) is 8.19. The summed E-state index contributed by atoms with van der Waals surface area (Å²) >= 11 is 0. The number of carbonyl (C=O) groups excluding carboxylic acids is 1. The Morgan fingerprint density at radius 3 is 2.71 bits per heavy atom. The maximum atomic E-state index is 11.5. The molecule has 1 aromatic rings. The summed E-state index contributed by atoms with van der Waals surface area (Å²) in [5, 5.41) is 5.48. The number of anilines is 1. The Morgan fingerprint density at radius 1 is 1.36 bits per heavy atom. The number of aromatic nitrogens is 1. The van der Waals surface area contributed by atoms with Crippen LogP contribution in [0.2, 0.25) is 0 Å². The van der Waals surface area contributed by atoms with Crippen LogP contribution in [0.1, 0.15) is 19.0 Å². The molecule has 0 fully saturated rings. The third-order valence-corrected chi connectivity index (χ3v) is 2.00. The summed E-state index contributed by atoms with van der Waals surface area (Å²) in [6.45, 7) is 3.73. The van der Waals surface area contributed by atoms with Crippen LogP contribution in [0.25, 0.3) is 0 Å². The highest BCUT2D eigenvalue weighted by molar-refractivity contribution is 6.11. The molecule has 0 aromatic carbocycles. The second-order valence-electron chi connectivity index (χ2n) is 3.35. The molecule has 1 aromatic heterocycles. The van der Waals surface area contributed by atoms with Gasteiger partial charge in [-0.2, -0.15) is 10.1 Å². The van der Waals surface area contributed by atoms with Crippen LogP contribution in [0, 0.1) is 6.92 Å². The molecule has 0 N–H and O–H groups in total. The molecule has 0 aliphatic carbocycles. The van der Waals surface area contributed by atoms with Crippen molar-refractivity contribution in [2.24, 2.45) is 5.10 Å². The largest absolute Gasteiger partial charge is 0.272 e. The van der Waals surface area contributed by atoms with Crippen molar-refractivity contribution in [1.82, 2.24) is 4.98 Å². The molecule has 0 unspecified atom stereocenters. The van der Waals surface area contributed by atoms with Crippen LogP contribution in [0.4, 0.5) is 5.82 Å². The highest BCUT2D eigenvalue weighted by atomic mass is 16.2. The topological polar surface area (TPSA) is 45.6 Å². The summed E-state index contributed by atoms with van der Waals surface area (Å²) in [4.78, 5) is 15.7. The number of hydrogen-bond acceptors (Lipinski definition) is 3. The Balaban J connectivity index is 2.36. The summed E-state index contributed by atoms with van der Waals surface area (Å²) in [6.07, 6.45) is 0.398. The molecule has 2 heterocycles. The zero-order valence-corrected chi connectivity index (χ0v) is 8.19. The number of pyridine rings is 1. The van der Waals surface area contributed by atoms with Crippen LogP contribution >= 0.6 is 0 Å². The van der Waals surface area contributed by atoms with Crippen molar-refractivity contribution in [2.45, 2.75) is 20.3 Å². The van der Waals surface area contributed by atoms with Crippen molar-refractivity contribution in [2.75, 3.05) is 5.01 Å². The quantitative estimate of drug-likeness (QED) is 0.672. The molecule has 1 aliphatic rings. The third kappa shape index (κ3) is 1.51. The fraction of sp³-hybridized carbons (Fsp3) is 0.300. The predicted molar refractivity (Wildman–Crippen MR) is 54.2 cm³/mol. The van der Waals surface area contributed by atoms with Crippen molar-refractivity contribution < 1.29 is 4.79 Å². The normalized spacial score (nSPS) is 16.0. The third-order valence-electron chi connectivity index (χ3n) is 2.00. The molecule has 2 rings (SSSR count). The van der Waals surface area contributed by atoms with Gasteiger partial charge in [-0.25, -0.2) is 4.98 Å². The highest BCUT2D eigenvalue weighted by Gasteiger charge is 2.23. The monoisotopic (exact) mass is 189 g/mol. The Kier molecular flexibility index (Phi) is 2.04. The second-order valence-corrected chi connectivity index (χ2v) is 3.35. The van der Waals surface area contributed by atoms with Gasteiger partial charge in [-0.15, -0.1) is 0 Å². The van der Waals surface area contributed by atoms with Gasteiger partial charge in [0.25, 0.3) is 5.91 Å². The molecule has 1 aliphatic heterocycles. The van der Waals surface area contributed by atoms with Gasteiger partial charge < -0.3 is 0 Å². The average Bonchev–Trinajstić information content (AvgIpc) is 2.45. The van der Waals surface area contributed by atoms with E-state index in [1.165, 1.54) is 5.01 Å². The molecule has 0 spiro atoms. The molecule has 0 saturated carbocycles. The fourth-order valence-corrected chi connectivity index (χ4v) is 1.38. The van der Waals surface area contributed by atoms with Gasteiger partial charge in [0, 0.05) is 11.4 Å². The van der Waals surface area contributed by atoms with Gasteiger partial charge in [-0.3, -0.25) is 4.79 Å². The molecule has 4 heteroatoms. The van der Waals surface area contributed by atoms with Crippen LogP contribution in [0.3, 0.4) is 0 Å². The van der Waals surface area contributed by atoms with Crippen molar-refractivity contribution >= 4 is 17.4 Å². The highest BCUT2D eigenvalue weighted by Crippen LogP contribution is 2.17. The fourth-order valence-electron chi connectivity index (χ4n) is 1.38. The lowest BCUT2D eigenvalue weighted by atomic mass is 10.3. The summed E-state index contributed by atoms with van der Waals surface area (Å²) in [5.74, 6) is 0.590. The zero-order chi connectivity index (χ0) is 10.1. The molecule has 14 heavy (non-hydrogen) atoms. The van der Waals surface area contributed by atoms with E-state index < -0.39 is 0 Å². The number of nitrogens with zero attached hydrogens (tertiary/aromatic N) is 3. The molecule has 1 amide bonds. The number of amides is 1. The van der Waals surface area contributed by atoms with E-state index in [4.69, 9.17) is 0 Å². The van der Waals surface area contributed by atoms with E-state index in [0.29, 0.717) is 12.2 Å². The van der Waals surface area contributed by atoms with E-state index in [1.54, 1.807) is 6.07 Å². The van der Waals surface area contributed by atoms with E-state index in [1.807, 2.05) is 26.0 Å². The van der Waals surface area contributed by atoms with Crippen LogP contribution in [-0.2, 0) is 4.79 Å². The average molecular weight is 189 g/mol. The minimum Gasteiger partial charge on any atom is -0.272 e. The molecule has 0 saturated heterocycles. The first-order chi connectivity index (χ1) is 6.66. The summed E-state index contributed by atoms with van der Waals surface area (Å²) in [6, 6.07) is 5.54. The Labute approximate surface area is 82.3 Å². The number of aryl methyl sites for hydroxylation is 1. The number of carbonyl (C=O) groups is 1. The lowest BCUT2D eigenvalue weighted by molar-refractivity contribution is -0.116. The maximum Gasteiger partial charge on any atom is 0.254 e. The van der Waals surface area contributed by atoms with Crippen molar-refractivity contribution in [3.8, 4) is 0 Å². The van der Waals surface area contributed by atoms with Gasteiger partial charge in [0.05, 0.1) is 6.42 Å². The molecular weight excluding hydrogens is 178 g/mol.